The Labute approximate surface area is 167 Å². The molecule has 0 saturated carbocycles. The van der Waals surface area contributed by atoms with Crippen LogP contribution >= 0.6 is 11.6 Å². The van der Waals surface area contributed by atoms with E-state index in [1.54, 1.807) is 18.2 Å². The summed E-state index contributed by atoms with van der Waals surface area (Å²) in [4.78, 5) is 24.4. The molecule has 144 valence electrons. The third-order valence-electron chi connectivity index (χ3n) is 5.24. The lowest BCUT2D eigenvalue weighted by Crippen LogP contribution is -2.36. The van der Waals surface area contributed by atoms with Crippen LogP contribution < -0.4 is 11.1 Å². The second-order valence-corrected chi connectivity index (χ2v) is 7.44. The van der Waals surface area contributed by atoms with Crippen molar-refractivity contribution in [1.29, 1.82) is 0 Å². The molecule has 28 heavy (non-hydrogen) atoms. The molecule has 0 spiro atoms. The van der Waals surface area contributed by atoms with Crippen LogP contribution in [0.4, 0.5) is 0 Å². The van der Waals surface area contributed by atoms with Crippen LogP contribution in [0.1, 0.15) is 51.0 Å². The summed E-state index contributed by atoms with van der Waals surface area (Å²) in [6.07, 6.45) is -0.179. The fourth-order valence-corrected chi connectivity index (χ4v) is 3.86. The van der Waals surface area contributed by atoms with Crippen LogP contribution in [0.3, 0.4) is 0 Å². The first kappa shape index (κ1) is 18.5. The molecule has 4 rings (SSSR count). The van der Waals surface area contributed by atoms with Crippen molar-refractivity contribution in [3.05, 3.63) is 69.9 Å². The highest BCUT2D eigenvalue weighted by molar-refractivity contribution is 6.31. The minimum atomic E-state index is -0.490. The van der Waals surface area contributed by atoms with Gasteiger partial charge in [0, 0.05) is 28.5 Å². The molecule has 3 aromatic rings. The summed E-state index contributed by atoms with van der Waals surface area (Å²) in [6.45, 7) is 2.26. The molecular formula is C21H20ClN3O3. The number of nitrogens with zero attached hydrogens (tertiary/aromatic N) is 1. The van der Waals surface area contributed by atoms with Gasteiger partial charge < -0.3 is 20.4 Å². The number of primary amides is 1. The lowest BCUT2D eigenvalue weighted by molar-refractivity contribution is 0.0317. The van der Waals surface area contributed by atoms with Gasteiger partial charge in [0.1, 0.15) is 5.69 Å². The first-order valence-corrected chi connectivity index (χ1v) is 9.34. The Balaban J connectivity index is 1.65. The highest BCUT2D eigenvalue weighted by Crippen LogP contribution is 2.33. The molecule has 3 N–H and O–H groups in total. The molecule has 2 heterocycles. The monoisotopic (exact) mass is 397 g/mol. The number of rotatable bonds is 3. The number of ether oxygens (including phenoxy) is 1. The summed E-state index contributed by atoms with van der Waals surface area (Å²) in [5.41, 5.74) is 9.02. The minimum absolute atomic E-state index is 0.179. The second kappa shape index (κ2) is 6.96. The van der Waals surface area contributed by atoms with Crippen molar-refractivity contribution in [3.63, 3.8) is 0 Å². The quantitative estimate of drug-likeness (QED) is 0.709. The van der Waals surface area contributed by atoms with Gasteiger partial charge in [-0.2, -0.15) is 0 Å². The van der Waals surface area contributed by atoms with Crippen molar-refractivity contribution in [3.8, 4) is 0 Å². The highest BCUT2D eigenvalue weighted by Gasteiger charge is 2.28. The zero-order valence-electron chi connectivity index (χ0n) is 15.5. The van der Waals surface area contributed by atoms with E-state index >= 15 is 0 Å². The predicted octanol–water partition coefficient (Wildman–Crippen LogP) is 3.49. The number of aryl methyl sites for hydroxylation is 1. The van der Waals surface area contributed by atoms with Gasteiger partial charge in [-0.15, -0.1) is 0 Å². The van der Waals surface area contributed by atoms with Gasteiger partial charge >= 0.3 is 0 Å². The second-order valence-electron chi connectivity index (χ2n) is 7.00. The van der Waals surface area contributed by atoms with E-state index < -0.39 is 5.91 Å². The fourth-order valence-electron chi connectivity index (χ4n) is 3.69. The zero-order valence-corrected chi connectivity index (χ0v) is 16.3. The lowest BCUT2D eigenvalue weighted by Gasteiger charge is -2.31. The van der Waals surface area contributed by atoms with E-state index in [2.05, 4.69) is 5.32 Å². The molecule has 2 aromatic carbocycles. The summed E-state index contributed by atoms with van der Waals surface area (Å²) in [5, 5.41) is 4.60. The van der Waals surface area contributed by atoms with Crippen molar-refractivity contribution in [2.24, 2.45) is 12.8 Å². The third kappa shape index (κ3) is 3.15. The standard InChI is InChI=1S/C21H20ClN3O3/c1-11-16-7-13(20(23)26)4-6-15(16)17(10-28-11)24-21(27)19-8-12-3-5-14(22)9-18(12)25(19)2/h3-9,11,17H,10H2,1-2H3,(H2,23,26)(H,24,27). The molecule has 1 aliphatic heterocycles. The van der Waals surface area contributed by atoms with Gasteiger partial charge in [-0.05, 0) is 48.4 Å². The zero-order chi connectivity index (χ0) is 20.0. The van der Waals surface area contributed by atoms with Crippen molar-refractivity contribution >= 4 is 34.3 Å². The van der Waals surface area contributed by atoms with Gasteiger partial charge in [0.25, 0.3) is 5.91 Å². The Morgan fingerprint density at radius 1 is 1.18 bits per heavy atom. The van der Waals surface area contributed by atoms with Crippen LogP contribution in [-0.4, -0.2) is 23.0 Å². The minimum Gasteiger partial charge on any atom is -0.371 e. The summed E-state index contributed by atoms with van der Waals surface area (Å²) in [6, 6.07) is 12.3. The largest absolute Gasteiger partial charge is 0.371 e. The molecule has 0 aliphatic carbocycles. The van der Waals surface area contributed by atoms with Crippen molar-refractivity contribution in [1.82, 2.24) is 9.88 Å². The number of carbonyl (C=O) groups excluding carboxylic acids is 2. The van der Waals surface area contributed by atoms with E-state index in [0.29, 0.717) is 22.9 Å². The maximum absolute atomic E-state index is 13.0. The van der Waals surface area contributed by atoms with Gasteiger partial charge in [0.05, 0.1) is 18.8 Å². The number of carbonyl (C=O) groups is 2. The van der Waals surface area contributed by atoms with Crippen molar-refractivity contribution < 1.29 is 14.3 Å². The third-order valence-corrected chi connectivity index (χ3v) is 5.48. The smallest absolute Gasteiger partial charge is 0.268 e. The number of halogens is 1. The van der Waals surface area contributed by atoms with E-state index in [-0.39, 0.29) is 18.1 Å². The van der Waals surface area contributed by atoms with Gasteiger partial charge in [0.15, 0.2) is 0 Å². The Kier molecular flexibility index (Phi) is 4.61. The number of aromatic nitrogens is 1. The molecule has 2 unspecified atom stereocenters. The summed E-state index contributed by atoms with van der Waals surface area (Å²) < 4.78 is 7.62. The van der Waals surface area contributed by atoms with Crippen LogP contribution in [-0.2, 0) is 11.8 Å². The summed E-state index contributed by atoms with van der Waals surface area (Å²) >= 11 is 6.08. The number of benzene rings is 2. The van der Waals surface area contributed by atoms with Crippen LogP contribution in [0.5, 0.6) is 0 Å². The van der Waals surface area contributed by atoms with Crippen LogP contribution in [0.15, 0.2) is 42.5 Å². The molecule has 0 radical (unpaired) electrons. The number of hydrogen-bond acceptors (Lipinski definition) is 3. The molecule has 6 nitrogen and oxygen atoms in total. The summed E-state index contributed by atoms with van der Waals surface area (Å²) in [7, 11) is 1.83. The number of nitrogens with two attached hydrogens (primary N) is 1. The molecule has 0 saturated heterocycles. The molecular weight excluding hydrogens is 378 g/mol. The first-order valence-electron chi connectivity index (χ1n) is 8.96. The number of hydrogen-bond donors (Lipinski definition) is 2. The van der Waals surface area contributed by atoms with Crippen molar-refractivity contribution in [2.45, 2.75) is 19.1 Å². The maximum Gasteiger partial charge on any atom is 0.268 e. The Bertz CT molecular complexity index is 1110. The SMILES string of the molecule is CC1OCC(NC(=O)c2cc3ccc(Cl)cc3n2C)c2ccc(C(N)=O)cc21. The van der Waals surface area contributed by atoms with E-state index in [9.17, 15) is 9.59 Å². The van der Waals surface area contributed by atoms with Gasteiger partial charge in [-0.3, -0.25) is 9.59 Å². The lowest BCUT2D eigenvalue weighted by atomic mass is 9.92. The Morgan fingerprint density at radius 3 is 2.71 bits per heavy atom. The average Bonchev–Trinajstić information content (AvgIpc) is 3.00. The number of amides is 2. The van der Waals surface area contributed by atoms with E-state index in [4.69, 9.17) is 22.1 Å². The topological polar surface area (TPSA) is 86.3 Å². The maximum atomic E-state index is 13.0. The Hall–Kier alpha value is -2.83. The molecule has 1 aliphatic rings. The van der Waals surface area contributed by atoms with Gasteiger partial charge in [-0.25, -0.2) is 0 Å². The van der Waals surface area contributed by atoms with E-state index in [1.807, 2.05) is 42.8 Å². The highest BCUT2D eigenvalue weighted by atomic mass is 35.5. The van der Waals surface area contributed by atoms with Crippen LogP contribution in [0.2, 0.25) is 5.02 Å². The van der Waals surface area contributed by atoms with E-state index in [0.717, 1.165) is 22.0 Å². The first-order chi connectivity index (χ1) is 13.3. The van der Waals surface area contributed by atoms with Crippen LogP contribution in [0.25, 0.3) is 10.9 Å². The fraction of sp³-hybridized carbons (Fsp3) is 0.238. The predicted molar refractivity (Wildman–Crippen MR) is 107 cm³/mol. The molecule has 0 fully saturated rings. The van der Waals surface area contributed by atoms with Gasteiger partial charge in [-0.1, -0.05) is 23.7 Å². The number of nitrogens with one attached hydrogen (secondary N) is 1. The molecule has 2 atom stereocenters. The molecule has 1 aromatic heterocycles. The number of fused-ring (bicyclic) bond motifs is 2. The van der Waals surface area contributed by atoms with Crippen LogP contribution in [0, 0.1) is 0 Å². The van der Waals surface area contributed by atoms with E-state index in [1.165, 1.54) is 0 Å². The molecule has 2 amide bonds. The van der Waals surface area contributed by atoms with Crippen molar-refractivity contribution in [2.75, 3.05) is 6.61 Å². The normalized spacial score (nSPS) is 18.7. The molecule has 7 heteroatoms. The Morgan fingerprint density at radius 2 is 1.96 bits per heavy atom. The van der Waals surface area contributed by atoms with Gasteiger partial charge in [0.2, 0.25) is 5.91 Å². The average molecular weight is 398 g/mol. The summed E-state index contributed by atoms with van der Waals surface area (Å²) in [5.74, 6) is -0.696. The molecule has 0 bridgehead atoms.